The Morgan fingerprint density at radius 1 is 0.408 bits per heavy atom. The maximum absolute atomic E-state index is 5.08. The second-order valence-corrected chi connectivity index (χ2v) is 13.9. The van der Waals surface area contributed by atoms with E-state index in [0.717, 1.165) is 5.52 Å². The van der Waals surface area contributed by atoms with Crippen LogP contribution in [0.1, 0.15) is 25.0 Å². The van der Waals surface area contributed by atoms with Crippen molar-refractivity contribution in [3.63, 3.8) is 0 Å². The standard InChI is InChI=1S/C48H33N/c1-48(2)42-21-11-9-16-35(42)36-26-25-32(28-43(36)48)34-15-5-6-17-37(34)46-39-19-8-7-18-38(39)45(33-24-23-30-13-3-4-14-31(30)27-33)47-40-20-10-12-22-44(40)49-29-41(46)47/h3-29H,1-2H3. The van der Waals surface area contributed by atoms with E-state index >= 15 is 0 Å². The van der Waals surface area contributed by atoms with Crippen LogP contribution in [0.3, 0.4) is 0 Å². The molecular weight excluding hydrogens is 591 g/mol. The van der Waals surface area contributed by atoms with Crippen molar-refractivity contribution in [2.24, 2.45) is 0 Å². The Hall–Kier alpha value is -6.05. The van der Waals surface area contributed by atoms with Gasteiger partial charge >= 0.3 is 0 Å². The zero-order chi connectivity index (χ0) is 32.7. The highest BCUT2D eigenvalue weighted by atomic mass is 14.7. The summed E-state index contributed by atoms with van der Waals surface area (Å²) in [5.74, 6) is 0. The number of pyridine rings is 1. The van der Waals surface area contributed by atoms with E-state index in [9.17, 15) is 0 Å². The van der Waals surface area contributed by atoms with Crippen molar-refractivity contribution < 1.29 is 0 Å². The number of aromatic nitrogens is 1. The molecule has 49 heavy (non-hydrogen) atoms. The van der Waals surface area contributed by atoms with Crippen LogP contribution in [0.25, 0.3) is 87.7 Å². The SMILES string of the molecule is CC1(C)c2ccccc2-c2ccc(-c3ccccc3-c3c4ccccc4c(-c4ccc5ccccc5c4)c4c3cnc3ccccc34)cc21. The lowest BCUT2D eigenvalue weighted by Gasteiger charge is -2.23. The summed E-state index contributed by atoms with van der Waals surface area (Å²) in [4.78, 5) is 5.08. The van der Waals surface area contributed by atoms with Crippen LogP contribution in [-0.4, -0.2) is 4.98 Å². The zero-order valence-electron chi connectivity index (χ0n) is 27.5. The maximum Gasteiger partial charge on any atom is 0.0708 e. The van der Waals surface area contributed by atoms with Crippen molar-refractivity contribution in [3.05, 3.63) is 175 Å². The van der Waals surface area contributed by atoms with Gasteiger partial charge in [0, 0.05) is 27.8 Å². The van der Waals surface area contributed by atoms with Crippen molar-refractivity contribution in [3.8, 4) is 44.5 Å². The number of para-hydroxylation sites is 1. The van der Waals surface area contributed by atoms with E-state index in [2.05, 4.69) is 178 Å². The summed E-state index contributed by atoms with van der Waals surface area (Å²) in [5.41, 5.74) is 13.8. The highest BCUT2D eigenvalue weighted by molar-refractivity contribution is 6.28. The first-order valence-corrected chi connectivity index (χ1v) is 17.1. The van der Waals surface area contributed by atoms with Crippen LogP contribution in [0.15, 0.2) is 164 Å². The van der Waals surface area contributed by atoms with Crippen molar-refractivity contribution in [1.29, 1.82) is 0 Å². The summed E-state index contributed by atoms with van der Waals surface area (Å²) in [5, 5.41) is 8.55. The molecule has 0 saturated heterocycles. The minimum atomic E-state index is -0.0688. The smallest absolute Gasteiger partial charge is 0.0708 e. The Morgan fingerprint density at radius 2 is 1.02 bits per heavy atom. The molecule has 0 unspecified atom stereocenters. The first-order valence-electron chi connectivity index (χ1n) is 17.1. The number of fused-ring (bicyclic) bond motifs is 8. The molecular formula is C48H33N. The fourth-order valence-corrected chi connectivity index (χ4v) is 8.56. The van der Waals surface area contributed by atoms with Gasteiger partial charge in [-0.2, -0.15) is 0 Å². The lowest BCUT2D eigenvalue weighted by atomic mass is 9.80. The Kier molecular flexibility index (Phi) is 5.99. The van der Waals surface area contributed by atoms with E-state index in [1.54, 1.807) is 0 Å². The predicted molar refractivity (Wildman–Crippen MR) is 208 cm³/mol. The van der Waals surface area contributed by atoms with Crippen LogP contribution >= 0.6 is 0 Å². The van der Waals surface area contributed by atoms with Crippen molar-refractivity contribution in [1.82, 2.24) is 4.98 Å². The molecule has 8 aromatic carbocycles. The molecule has 1 nitrogen and oxygen atoms in total. The maximum atomic E-state index is 5.08. The van der Waals surface area contributed by atoms with Crippen LogP contribution in [0.4, 0.5) is 0 Å². The van der Waals surface area contributed by atoms with Gasteiger partial charge in [0.2, 0.25) is 0 Å². The van der Waals surface area contributed by atoms with E-state index < -0.39 is 0 Å². The van der Waals surface area contributed by atoms with Gasteiger partial charge in [-0.15, -0.1) is 0 Å². The lowest BCUT2D eigenvalue weighted by Crippen LogP contribution is -2.14. The van der Waals surface area contributed by atoms with E-state index in [-0.39, 0.29) is 5.41 Å². The molecule has 230 valence electrons. The molecule has 0 amide bonds. The first kappa shape index (κ1) is 28.0. The third-order valence-electron chi connectivity index (χ3n) is 10.9. The molecule has 0 fully saturated rings. The molecule has 1 aliphatic carbocycles. The summed E-state index contributed by atoms with van der Waals surface area (Å²) in [7, 11) is 0. The van der Waals surface area contributed by atoms with Gasteiger partial charge in [-0.3, -0.25) is 4.98 Å². The van der Waals surface area contributed by atoms with E-state index in [0.29, 0.717) is 0 Å². The summed E-state index contributed by atoms with van der Waals surface area (Å²) in [6.07, 6.45) is 2.11. The van der Waals surface area contributed by atoms with Gasteiger partial charge in [0.1, 0.15) is 0 Å². The van der Waals surface area contributed by atoms with Crippen molar-refractivity contribution >= 4 is 43.2 Å². The normalized spacial score (nSPS) is 13.3. The van der Waals surface area contributed by atoms with Crippen molar-refractivity contribution in [2.75, 3.05) is 0 Å². The monoisotopic (exact) mass is 623 g/mol. The van der Waals surface area contributed by atoms with Crippen LogP contribution < -0.4 is 0 Å². The number of hydrogen-bond donors (Lipinski definition) is 0. The molecule has 0 bridgehead atoms. The largest absolute Gasteiger partial charge is 0.256 e. The van der Waals surface area contributed by atoms with Crippen LogP contribution in [0.2, 0.25) is 0 Å². The molecule has 1 heterocycles. The van der Waals surface area contributed by atoms with Crippen LogP contribution in [0, 0.1) is 0 Å². The van der Waals surface area contributed by atoms with E-state index in [1.807, 2.05) is 0 Å². The molecule has 0 spiro atoms. The molecule has 1 aliphatic rings. The lowest BCUT2D eigenvalue weighted by molar-refractivity contribution is 0.660. The predicted octanol–water partition coefficient (Wildman–Crippen LogP) is 13.0. The number of benzene rings is 8. The molecule has 9 aromatic rings. The third-order valence-corrected chi connectivity index (χ3v) is 10.9. The molecule has 10 rings (SSSR count). The molecule has 0 aliphatic heterocycles. The summed E-state index contributed by atoms with van der Waals surface area (Å²) < 4.78 is 0. The highest BCUT2D eigenvalue weighted by Crippen LogP contribution is 2.51. The van der Waals surface area contributed by atoms with Gasteiger partial charge in [0.15, 0.2) is 0 Å². The van der Waals surface area contributed by atoms with Gasteiger partial charge in [-0.25, -0.2) is 0 Å². The third kappa shape index (κ3) is 4.09. The highest BCUT2D eigenvalue weighted by Gasteiger charge is 2.35. The summed E-state index contributed by atoms with van der Waals surface area (Å²) in [6.45, 7) is 4.72. The van der Waals surface area contributed by atoms with Crippen molar-refractivity contribution in [2.45, 2.75) is 19.3 Å². The van der Waals surface area contributed by atoms with Gasteiger partial charge in [0.05, 0.1) is 5.52 Å². The summed E-state index contributed by atoms with van der Waals surface area (Å²) in [6, 6.07) is 58.0. The van der Waals surface area contributed by atoms with Crippen LogP contribution in [-0.2, 0) is 5.41 Å². The average Bonchev–Trinajstić information content (AvgIpc) is 3.39. The Morgan fingerprint density at radius 3 is 1.86 bits per heavy atom. The second kappa shape index (κ2) is 10.5. The topological polar surface area (TPSA) is 12.9 Å². The first-order chi connectivity index (χ1) is 24.1. The summed E-state index contributed by atoms with van der Waals surface area (Å²) >= 11 is 0. The number of hydrogen-bond acceptors (Lipinski definition) is 1. The molecule has 0 atom stereocenters. The molecule has 0 radical (unpaired) electrons. The van der Waals surface area contributed by atoms with Gasteiger partial charge in [-0.05, 0) is 95.4 Å². The van der Waals surface area contributed by atoms with Gasteiger partial charge < -0.3 is 0 Å². The van der Waals surface area contributed by atoms with Crippen LogP contribution in [0.5, 0.6) is 0 Å². The Balaban J connectivity index is 1.30. The fraction of sp³-hybridized carbons (Fsp3) is 0.0625. The quantitative estimate of drug-likeness (QED) is 0.141. The minimum Gasteiger partial charge on any atom is -0.256 e. The molecule has 1 heteroatoms. The Bertz CT molecular complexity index is 2800. The average molecular weight is 624 g/mol. The fourth-order valence-electron chi connectivity index (χ4n) is 8.56. The minimum absolute atomic E-state index is 0.0688. The van der Waals surface area contributed by atoms with E-state index in [4.69, 9.17) is 4.98 Å². The van der Waals surface area contributed by atoms with E-state index in [1.165, 1.54) is 93.3 Å². The number of nitrogens with zero attached hydrogens (tertiary/aromatic N) is 1. The molecule has 1 aromatic heterocycles. The second-order valence-electron chi connectivity index (χ2n) is 13.9. The molecule has 0 N–H and O–H groups in total. The number of rotatable bonds is 3. The zero-order valence-corrected chi connectivity index (χ0v) is 27.5. The Labute approximate surface area is 286 Å². The molecule has 0 saturated carbocycles. The van der Waals surface area contributed by atoms with Gasteiger partial charge in [-0.1, -0.05) is 153 Å². The van der Waals surface area contributed by atoms with Gasteiger partial charge in [0.25, 0.3) is 0 Å².